The maximum atomic E-state index is 11.8. The fourth-order valence-electron chi connectivity index (χ4n) is 1.41. The number of imide groups is 1. The molecular formula is C10H10N4O3. The van der Waals surface area contributed by atoms with Gasteiger partial charge in [-0.15, -0.1) is 0 Å². The first-order valence-corrected chi connectivity index (χ1v) is 4.86. The van der Waals surface area contributed by atoms with E-state index in [1.807, 2.05) is 0 Å². The summed E-state index contributed by atoms with van der Waals surface area (Å²) in [6, 6.07) is 6.34. The van der Waals surface area contributed by atoms with Crippen LogP contribution in [0.5, 0.6) is 0 Å². The number of carbonyl (C=O) groups excluding carboxylic acids is 2. The molecule has 1 heterocycles. The Hall–Kier alpha value is -2.44. The van der Waals surface area contributed by atoms with Crippen LogP contribution in [0.15, 0.2) is 29.5 Å². The molecule has 1 aromatic rings. The van der Waals surface area contributed by atoms with Crippen LogP contribution in [0, 0.1) is 5.21 Å². The van der Waals surface area contributed by atoms with E-state index in [0.717, 1.165) is 5.01 Å². The highest BCUT2D eigenvalue weighted by molar-refractivity contribution is 6.20. The fraction of sp³-hybridized carbons (Fsp3) is 0.200. The lowest BCUT2D eigenvalue weighted by molar-refractivity contribution is -0.688. The van der Waals surface area contributed by atoms with E-state index >= 15 is 0 Å². The standard InChI is InChI=1S/C10H10N4O3/c1-12(2)14(17)11-13-9(15)7-5-3-4-6-8(7)10(13)16/h3-6H,1-2H3. The quantitative estimate of drug-likeness (QED) is 0.325. The summed E-state index contributed by atoms with van der Waals surface area (Å²) < 4.78 is 0. The van der Waals surface area contributed by atoms with Crippen molar-refractivity contribution in [3.8, 4) is 0 Å². The Morgan fingerprint density at radius 2 is 1.65 bits per heavy atom. The van der Waals surface area contributed by atoms with Crippen molar-refractivity contribution in [3.63, 3.8) is 0 Å². The van der Waals surface area contributed by atoms with Crippen LogP contribution in [-0.2, 0) is 0 Å². The fourth-order valence-corrected chi connectivity index (χ4v) is 1.41. The van der Waals surface area contributed by atoms with Crippen molar-refractivity contribution >= 4 is 11.8 Å². The molecule has 1 aromatic carbocycles. The highest BCUT2D eigenvalue weighted by Crippen LogP contribution is 2.22. The average Bonchev–Trinajstić information content (AvgIpc) is 2.55. The van der Waals surface area contributed by atoms with Crippen LogP contribution in [0.25, 0.3) is 0 Å². The minimum Gasteiger partial charge on any atom is -0.673 e. The molecule has 0 aliphatic carbocycles. The number of nitrogens with zero attached hydrogens (tertiary/aromatic N) is 4. The maximum absolute atomic E-state index is 11.8. The molecule has 88 valence electrons. The Morgan fingerprint density at radius 3 is 2.06 bits per heavy atom. The van der Waals surface area contributed by atoms with Crippen molar-refractivity contribution in [1.29, 1.82) is 0 Å². The molecule has 0 radical (unpaired) electrons. The molecule has 0 bridgehead atoms. The summed E-state index contributed by atoms with van der Waals surface area (Å²) in [5.74, 6) is -1.18. The summed E-state index contributed by atoms with van der Waals surface area (Å²) in [5.41, 5.74) is 0.516. The van der Waals surface area contributed by atoms with Gasteiger partial charge in [-0.05, 0) is 17.1 Å². The molecule has 0 saturated carbocycles. The second kappa shape index (κ2) is 3.85. The van der Waals surface area contributed by atoms with Gasteiger partial charge in [0.05, 0.1) is 11.1 Å². The largest absolute Gasteiger partial charge is 0.673 e. The van der Waals surface area contributed by atoms with Crippen LogP contribution in [0.1, 0.15) is 20.7 Å². The number of hydrazine groups is 1. The molecule has 2 rings (SSSR count). The zero-order valence-electron chi connectivity index (χ0n) is 9.32. The van der Waals surface area contributed by atoms with Gasteiger partial charge in [0.15, 0.2) is 0 Å². The topological polar surface area (TPSA) is 79.1 Å². The van der Waals surface area contributed by atoms with Crippen LogP contribution >= 0.6 is 0 Å². The molecule has 0 N–H and O–H groups in total. The van der Waals surface area contributed by atoms with E-state index in [-0.39, 0.29) is 16.1 Å². The molecule has 0 atom stereocenters. The molecule has 0 spiro atoms. The number of rotatable bonds is 2. The monoisotopic (exact) mass is 234 g/mol. The summed E-state index contributed by atoms with van der Waals surface area (Å²) in [7, 11) is 2.91. The average molecular weight is 234 g/mol. The summed E-state index contributed by atoms with van der Waals surface area (Å²) in [6.45, 7) is 0. The molecule has 17 heavy (non-hydrogen) atoms. The van der Waals surface area contributed by atoms with Gasteiger partial charge in [0, 0.05) is 14.1 Å². The van der Waals surface area contributed by atoms with Crippen molar-refractivity contribution in [1.82, 2.24) is 10.0 Å². The van der Waals surface area contributed by atoms with Gasteiger partial charge in [0.25, 0.3) is 0 Å². The van der Waals surface area contributed by atoms with Crippen LogP contribution in [0.4, 0.5) is 0 Å². The number of amides is 2. The smallest absolute Gasteiger partial charge is 0.370 e. The highest BCUT2D eigenvalue weighted by atomic mass is 16.6. The lowest BCUT2D eigenvalue weighted by Crippen LogP contribution is -2.30. The number of fused-ring (bicyclic) bond motifs is 1. The summed E-state index contributed by atoms with van der Waals surface area (Å²) >= 11 is 0. The predicted octanol–water partition coefficient (Wildman–Crippen LogP) is 0.637. The second-order valence-corrected chi connectivity index (χ2v) is 3.66. The number of benzene rings is 1. The van der Waals surface area contributed by atoms with E-state index in [1.54, 1.807) is 12.1 Å². The van der Waals surface area contributed by atoms with E-state index in [9.17, 15) is 14.8 Å². The summed E-state index contributed by atoms with van der Waals surface area (Å²) in [5, 5.41) is 16.3. The van der Waals surface area contributed by atoms with Gasteiger partial charge in [-0.1, -0.05) is 17.1 Å². The van der Waals surface area contributed by atoms with Crippen molar-refractivity contribution in [3.05, 3.63) is 40.6 Å². The van der Waals surface area contributed by atoms with E-state index in [2.05, 4.69) is 5.22 Å². The van der Waals surface area contributed by atoms with Crippen LogP contribution in [-0.4, -0.2) is 40.9 Å². The summed E-state index contributed by atoms with van der Waals surface area (Å²) in [6.07, 6.45) is 0. The van der Waals surface area contributed by atoms with Crippen molar-refractivity contribution in [2.45, 2.75) is 0 Å². The van der Waals surface area contributed by atoms with Gasteiger partial charge in [-0.25, -0.2) is 14.6 Å². The van der Waals surface area contributed by atoms with Crippen LogP contribution in [0.3, 0.4) is 0 Å². The van der Waals surface area contributed by atoms with Crippen molar-refractivity contribution < 1.29 is 14.6 Å². The Kier molecular flexibility index (Phi) is 2.51. The first-order valence-electron chi connectivity index (χ1n) is 4.86. The second-order valence-electron chi connectivity index (χ2n) is 3.66. The van der Waals surface area contributed by atoms with Gasteiger partial charge in [-0.2, -0.15) is 0 Å². The molecule has 1 aliphatic heterocycles. The van der Waals surface area contributed by atoms with E-state index in [0.29, 0.717) is 5.01 Å². The first-order chi connectivity index (χ1) is 8.02. The Bertz CT molecular complexity index is 489. The lowest BCUT2D eigenvalue weighted by atomic mass is 10.1. The van der Waals surface area contributed by atoms with Gasteiger partial charge in [-0.3, -0.25) is 0 Å². The minimum absolute atomic E-state index is 0.168. The van der Waals surface area contributed by atoms with Gasteiger partial charge < -0.3 is 5.21 Å². The zero-order chi connectivity index (χ0) is 12.6. The van der Waals surface area contributed by atoms with Gasteiger partial charge >= 0.3 is 11.8 Å². The van der Waals surface area contributed by atoms with E-state index in [1.165, 1.54) is 26.2 Å². The van der Waals surface area contributed by atoms with Gasteiger partial charge in [0.2, 0.25) is 0 Å². The number of hydrogen-bond donors (Lipinski definition) is 0. The number of carbonyl (C=O) groups is 2. The SMILES string of the molecule is CN(C)[N+]([O-])=NN1C(=O)c2ccccc2C1=O. The molecule has 1 aliphatic rings. The Balaban J connectivity index is 2.40. The van der Waals surface area contributed by atoms with E-state index < -0.39 is 11.8 Å². The zero-order valence-corrected chi connectivity index (χ0v) is 9.32. The first kappa shape index (κ1) is 11.1. The van der Waals surface area contributed by atoms with Crippen molar-refractivity contribution in [2.75, 3.05) is 14.1 Å². The molecule has 0 saturated heterocycles. The van der Waals surface area contributed by atoms with Crippen LogP contribution < -0.4 is 0 Å². The molecule has 0 fully saturated rings. The third-order valence-electron chi connectivity index (χ3n) is 2.28. The third kappa shape index (κ3) is 1.71. The predicted molar refractivity (Wildman–Crippen MR) is 56.7 cm³/mol. The van der Waals surface area contributed by atoms with Gasteiger partial charge in [0.1, 0.15) is 5.22 Å². The molecule has 2 amide bonds. The minimum atomic E-state index is -0.590. The molecule has 7 heteroatoms. The highest BCUT2D eigenvalue weighted by Gasteiger charge is 2.43. The van der Waals surface area contributed by atoms with E-state index in [4.69, 9.17) is 0 Å². The Labute approximate surface area is 97.1 Å². The Morgan fingerprint density at radius 1 is 1.18 bits per heavy atom. The van der Waals surface area contributed by atoms with Crippen molar-refractivity contribution in [2.24, 2.45) is 5.22 Å². The number of hydrogen-bond acceptors (Lipinski definition) is 4. The van der Waals surface area contributed by atoms with Crippen LogP contribution in [0.2, 0.25) is 0 Å². The molecule has 7 nitrogen and oxygen atoms in total. The summed E-state index contributed by atoms with van der Waals surface area (Å²) in [4.78, 5) is 23.8. The molecule has 0 aromatic heterocycles. The third-order valence-corrected chi connectivity index (χ3v) is 2.28. The maximum Gasteiger partial charge on any atom is 0.370 e. The molecule has 0 unspecified atom stereocenters. The normalized spacial score (nSPS) is 15.2. The molecular weight excluding hydrogens is 224 g/mol. The lowest BCUT2D eigenvalue weighted by Gasteiger charge is -2.13.